The van der Waals surface area contributed by atoms with Crippen LogP contribution in [0.15, 0.2) is 53.0 Å². The molecule has 0 saturated carbocycles. The van der Waals surface area contributed by atoms with Crippen LogP contribution in [-0.4, -0.2) is 24.5 Å². The maximum absolute atomic E-state index is 12.7. The number of benzene rings is 2. The van der Waals surface area contributed by atoms with Gasteiger partial charge in [0, 0.05) is 10.2 Å². The van der Waals surface area contributed by atoms with Crippen molar-refractivity contribution in [1.29, 1.82) is 0 Å². The van der Waals surface area contributed by atoms with Crippen molar-refractivity contribution in [1.82, 2.24) is 0 Å². The molecule has 5 nitrogen and oxygen atoms in total. The van der Waals surface area contributed by atoms with Gasteiger partial charge in [-0.05, 0) is 43.3 Å². The standard InChI is InChI=1S/C18H17BrN2O3/c1-2-24-16-6-4-3-5-15(16)21-17(22)11-14(18(21)23)20-13-9-7-12(19)8-10-13/h3-10,14,20H,2,11H2,1H3/t14-/m0/s1. The van der Waals surface area contributed by atoms with Gasteiger partial charge in [-0.15, -0.1) is 0 Å². The van der Waals surface area contributed by atoms with E-state index in [2.05, 4.69) is 21.2 Å². The summed E-state index contributed by atoms with van der Waals surface area (Å²) in [6.45, 7) is 2.33. The minimum Gasteiger partial charge on any atom is -0.492 e. The predicted octanol–water partition coefficient (Wildman–Crippen LogP) is 3.59. The molecule has 24 heavy (non-hydrogen) atoms. The fraction of sp³-hybridized carbons (Fsp3) is 0.222. The SMILES string of the molecule is CCOc1ccccc1N1C(=O)C[C@H](Nc2ccc(Br)cc2)C1=O. The van der Waals surface area contributed by atoms with E-state index in [1.807, 2.05) is 37.3 Å². The second-order valence-electron chi connectivity index (χ2n) is 5.38. The Morgan fingerprint density at radius 1 is 1.17 bits per heavy atom. The van der Waals surface area contributed by atoms with Crippen molar-refractivity contribution in [3.8, 4) is 5.75 Å². The highest BCUT2D eigenvalue weighted by atomic mass is 79.9. The monoisotopic (exact) mass is 388 g/mol. The van der Waals surface area contributed by atoms with Crippen LogP contribution in [0.2, 0.25) is 0 Å². The van der Waals surface area contributed by atoms with Crippen molar-refractivity contribution in [2.45, 2.75) is 19.4 Å². The smallest absolute Gasteiger partial charge is 0.256 e. The van der Waals surface area contributed by atoms with Crippen molar-refractivity contribution < 1.29 is 14.3 Å². The number of para-hydroxylation sites is 2. The van der Waals surface area contributed by atoms with E-state index < -0.39 is 6.04 Å². The number of carbonyl (C=O) groups is 2. The van der Waals surface area contributed by atoms with Crippen LogP contribution in [-0.2, 0) is 9.59 Å². The van der Waals surface area contributed by atoms with Gasteiger partial charge in [-0.3, -0.25) is 9.59 Å². The van der Waals surface area contributed by atoms with E-state index in [4.69, 9.17) is 4.74 Å². The second kappa shape index (κ2) is 7.05. The first-order valence-corrected chi connectivity index (χ1v) is 8.50. The molecule has 2 aromatic carbocycles. The number of halogens is 1. The number of rotatable bonds is 5. The molecule has 1 aliphatic rings. The number of hydrogen-bond donors (Lipinski definition) is 1. The third kappa shape index (κ3) is 3.28. The normalized spacial score (nSPS) is 17.2. The number of nitrogens with zero attached hydrogens (tertiary/aromatic N) is 1. The van der Waals surface area contributed by atoms with Crippen LogP contribution in [0.25, 0.3) is 0 Å². The van der Waals surface area contributed by atoms with Gasteiger partial charge in [0.2, 0.25) is 5.91 Å². The lowest BCUT2D eigenvalue weighted by molar-refractivity contribution is -0.121. The Morgan fingerprint density at radius 2 is 1.88 bits per heavy atom. The quantitative estimate of drug-likeness (QED) is 0.795. The molecule has 1 aliphatic heterocycles. The minimum atomic E-state index is -0.576. The van der Waals surface area contributed by atoms with E-state index in [1.54, 1.807) is 18.2 Å². The van der Waals surface area contributed by atoms with Gasteiger partial charge in [0.25, 0.3) is 5.91 Å². The zero-order valence-electron chi connectivity index (χ0n) is 13.2. The van der Waals surface area contributed by atoms with Crippen molar-refractivity contribution in [2.24, 2.45) is 0 Å². The van der Waals surface area contributed by atoms with E-state index in [0.717, 1.165) is 10.2 Å². The van der Waals surface area contributed by atoms with Gasteiger partial charge in [0.15, 0.2) is 0 Å². The Labute approximate surface area is 148 Å². The molecule has 0 spiro atoms. The van der Waals surface area contributed by atoms with Crippen molar-refractivity contribution in [3.63, 3.8) is 0 Å². The number of carbonyl (C=O) groups excluding carboxylic acids is 2. The molecule has 1 saturated heterocycles. The summed E-state index contributed by atoms with van der Waals surface area (Å²) in [4.78, 5) is 26.3. The fourth-order valence-corrected chi connectivity index (χ4v) is 2.93. The van der Waals surface area contributed by atoms with Crippen LogP contribution >= 0.6 is 15.9 Å². The molecule has 1 heterocycles. The van der Waals surface area contributed by atoms with Crippen LogP contribution in [0.1, 0.15) is 13.3 Å². The molecule has 1 fully saturated rings. The summed E-state index contributed by atoms with van der Waals surface area (Å²) in [5, 5.41) is 3.13. The summed E-state index contributed by atoms with van der Waals surface area (Å²) < 4.78 is 6.49. The van der Waals surface area contributed by atoms with E-state index >= 15 is 0 Å². The van der Waals surface area contributed by atoms with E-state index in [-0.39, 0.29) is 18.2 Å². The number of nitrogens with one attached hydrogen (secondary N) is 1. The van der Waals surface area contributed by atoms with Gasteiger partial charge in [0.1, 0.15) is 11.8 Å². The molecule has 0 radical (unpaired) electrons. The summed E-state index contributed by atoms with van der Waals surface area (Å²) in [5.74, 6) is 0.0304. The van der Waals surface area contributed by atoms with Gasteiger partial charge < -0.3 is 10.1 Å². The maximum atomic E-state index is 12.7. The molecule has 0 aromatic heterocycles. The molecule has 1 atom stereocenters. The third-order valence-corrected chi connectivity index (χ3v) is 4.27. The van der Waals surface area contributed by atoms with Crippen LogP contribution < -0.4 is 15.0 Å². The number of ether oxygens (including phenoxy) is 1. The summed E-state index contributed by atoms with van der Waals surface area (Å²) in [6.07, 6.45) is 0.120. The minimum absolute atomic E-state index is 0.120. The highest BCUT2D eigenvalue weighted by Gasteiger charge is 2.40. The first kappa shape index (κ1) is 16.5. The van der Waals surface area contributed by atoms with Crippen LogP contribution in [0.5, 0.6) is 5.75 Å². The summed E-state index contributed by atoms with van der Waals surface area (Å²) in [6, 6.07) is 14.0. The summed E-state index contributed by atoms with van der Waals surface area (Å²) in [5.41, 5.74) is 1.29. The summed E-state index contributed by atoms with van der Waals surface area (Å²) >= 11 is 3.37. The van der Waals surface area contributed by atoms with Gasteiger partial charge in [-0.1, -0.05) is 28.1 Å². The molecule has 6 heteroatoms. The summed E-state index contributed by atoms with van der Waals surface area (Å²) in [7, 11) is 0. The molecule has 0 unspecified atom stereocenters. The number of hydrogen-bond acceptors (Lipinski definition) is 4. The molecule has 0 aliphatic carbocycles. The van der Waals surface area contributed by atoms with E-state index in [0.29, 0.717) is 18.0 Å². The maximum Gasteiger partial charge on any atom is 0.256 e. The predicted molar refractivity (Wildman–Crippen MR) is 96.3 cm³/mol. The molecule has 2 amide bonds. The number of imide groups is 1. The Hall–Kier alpha value is -2.34. The molecule has 0 bridgehead atoms. The molecular formula is C18H17BrN2O3. The van der Waals surface area contributed by atoms with Crippen LogP contribution in [0.4, 0.5) is 11.4 Å². The molecule has 3 rings (SSSR count). The van der Waals surface area contributed by atoms with E-state index in [1.165, 1.54) is 4.90 Å². The topological polar surface area (TPSA) is 58.6 Å². The second-order valence-corrected chi connectivity index (χ2v) is 6.29. The molecule has 124 valence electrons. The van der Waals surface area contributed by atoms with Gasteiger partial charge in [0.05, 0.1) is 18.7 Å². The van der Waals surface area contributed by atoms with Crippen molar-refractivity contribution >= 4 is 39.1 Å². The van der Waals surface area contributed by atoms with Gasteiger partial charge in [-0.2, -0.15) is 0 Å². The largest absolute Gasteiger partial charge is 0.492 e. The lowest BCUT2D eigenvalue weighted by atomic mass is 10.2. The first-order valence-electron chi connectivity index (χ1n) is 7.71. The lowest BCUT2D eigenvalue weighted by Gasteiger charge is -2.19. The van der Waals surface area contributed by atoms with Crippen LogP contribution in [0.3, 0.4) is 0 Å². The number of anilines is 2. The highest BCUT2D eigenvalue weighted by Crippen LogP contribution is 2.32. The number of amides is 2. The highest BCUT2D eigenvalue weighted by molar-refractivity contribution is 9.10. The first-order chi connectivity index (χ1) is 11.6. The zero-order chi connectivity index (χ0) is 17.1. The van der Waals surface area contributed by atoms with Crippen LogP contribution in [0, 0.1) is 0 Å². The van der Waals surface area contributed by atoms with Gasteiger partial charge in [-0.25, -0.2) is 4.90 Å². The van der Waals surface area contributed by atoms with Crippen molar-refractivity contribution in [2.75, 3.05) is 16.8 Å². The van der Waals surface area contributed by atoms with Crippen molar-refractivity contribution in [3.05, 3.63) is 53.0 Å². The fourth-order valence-electron chi connectivity index (χ4n) is 2.66. The average Bonchev–Trinajstić information content (AvgIpc) is 2.85. The third-order valence-electron chi connectivity index (χ3n) is 3.74. The van der Waals surface area contributed by atoms with E-state index in [9.17, 15) is 9.59 Å². The lowest BCUT2D eigenvalue weighted by Crippen LogP contribution is -2.35. The Kier molecular flexibility index (Phi) is 4.85. The molecule has 1 N–H and O–H groups in total. The molecular weight excluding hydrogens is 372 g/mol. The van der Waals surface area contributed by atoms with Gasteiger partial charge >= 0.3 is 0 Å². The average molecular weight is 389 g/mol. The Bertz CT molecular complexity index is 761. The molecule has 2 aromatic rings. The Morgan fingerprint density at radius 3 is 2.58 bits per heavy atom. The Balaban J connectivity index is 1.83. The zero-order valence-corrected chi connectivity index (χ0v) is 14.7.